The number of rotatable bonds is 7. The van der Waals surface area contributed by atoms with Crippen LogP contribution in [0.2, 0.25) is 0 Å². The standard InChI is InChI=1S/C16H15N3O4S2/c1-2-23-16(20)12(10-17)11-18-13-6-3-4-7-14(13)19-25(21,22)15-8-5-9-24-15/h3-9,11,17,19H,2H2,1H3. The monoisotopic (exact) mass is 377 g/mol. The van der Waals surface area contributed by atoms with Crippen LogP contribution in [0.3, 0.4) is 0 Å². The molecular weight excluding hydrogens is 362 g/mol. The number of nitrogens with zero attached hydrogens (tertiary/aromatic N) is 1. The van der Waals surface area contributed by atoms with Gasteiger partial charge in [0.05, 0.1) is 24.2 Å². The SMILES string of the molecule is CCOC(=O)C(=C=N)C=Nc1ccccc1NS(=O)(=O)c1cccs1. The summed E-state index contributed by atoms with van der Waals surface area (Å²) in [5.41, 5.74) is 0.373. The molecule has 1 aromatic carbocycles. The minimum absolute atomic E-state index is 0.162. The number of hydrogen-bond acceptors (Lipinski definition) is 7. The molecule has 0 fully saturated rings. The van der Waals surface area contributed by atoms with Gasteiger partial charge in [-0.25, -0.2) is 13.2 Å². The number of para-hydroxylation sites is 2. The lowest BCUT2D eigenvalue weighted by Crippen LogP contribution is -2.11. The quantitative estimate of drug-likeness (QED) is 0.439. The molecule has 2 rings (SSSR count). The summed E-state index contributed by atoms with van der Waals surface area (Å²) in [4.78, 5) is 15.7. The van der Waals surface area contributed by atoms with E-state index < -0.39 is 16.0 Å². The molecule has 0 saturated heterocycles. The summed E-state index contributed by atoms with van der Waals surface area (Å²) in [7, 11) is -3.72. The predicted molar refractivity (Wildman–Crippen MR) is 97.6 cm³/mol. The van der Waals surface area contributed by atoms with Gasteiger partial charge in [0, 0.05) is 0 Å². The maximum atomic E-state index is 12.3. The molecule has 0 aliphatic rings. The number of esters is 1. The molecule has 130 valence electrons. The molecule has 0 saturated carbocycles. The molecule has 2 N–H and O–H groups in total. The highest BCUT2D eigenvalue weighted by Gasteiger charge is 2.16. The van der Waals surface area contributed by atoms with Crippen molar-refractivity contribution in [2.75, 3.05) is 11.3 Å². The number of carbonyl (C=O) groups is 1. The van der Waals surface area contributed by atoms with Crippen LogP contribution in [0.25, 0.3) is 0 Å². The van der Waals surface area contributed by atoms with Gasteiger partial charge in [-0.05, 0) is 36.4 Å². The zero-order valence-electron chi connectivity index (χ0n) is 13.2. The number of carbonyl (C=O) groups excluding carboxylic acids is 1. The van der Waals surface area contributed by atoms with E-state index in [4.69, 9.17) is 10.1 Å². The van der Waals surface area contributed by atoms with Crippen LogP contribution in [0, 0.1) is 5.41 Å². The van der Waals surface area contributed by atoms with Crippen LogP contribution in [0.1, 0.15) is 6.92 Å². The van der Waals surface area contributed by atoms with Crippen LogP contribution in [0.5, 0.6) is 0 Å². The second-order valence-electron chi connectivity index (χ2n) is 4.57. The van der Waals surface area contributed by atoms with E-state index in [-0.39, 0.29) is 22.1 Å². The summed E-state index contributed by atoms with van der Waals surface area (Å²) in [5, 5.41) is 8.80. The molecule has 0 spiro atoms. The van der Waals surface area contributed by atoms with Crippen molar-refractivity contribution >= 4 is 50.8 Å². The lowest BCUT2D eigenvalue weighted by atomic mass is 10.2. The van der Waals surface area contributed by atoms with Crippen LogP contribution in [-0.2, 0) is 19.6 Å². The largest absolute Gasteiger partial charge is 0.462 e. The number of ether oxygens (including phenoxy) is 1. The van der Waals surface area contributed by atoms with Crippen LogP contribution in [0.15, 0.2) is 56.6 Å². The Hall–Kier alpha value is -2.74. The van der Waals surface area contributed by atoms with Crippen molar-refractivity contribution in [2.45, 2.75) is 11.1 Å². The summed E-state index contributed by atoms with van der Waals surface area (Å²) in [6.45, 7) is 1.81. The van der Waals surface area contributed by atoms with Gasteiger partial charge in [-0.15, -0.1) is 11.3 Å². The van der Waals surface area contributed by atoms with Crippen LogP contribution >= 0.6 is 11.3 Å². The summed E-state index contributed by atoms with van der Waals surface area (Å²) < 4.78 is 32.1. The number of benzene rings is 1. The summed E-state index contributed by atoms with van der Waals surface area (Å²) in [6.07, 6.45) is 1.11. The molecule has 9 heteroatoms. The molecule has 0 bridgehead atoms. The molecule has 0 aliphatic carbocycles. The van der Waals surface area contributed by atoms with Gasteiger partial charge >= 0.3 is 5.97 Å². The van der Waals surface area contributed by atoms with Crippen LogP contribution in [-0.4, -0.2) is 33.1 Å². The Morgan fingerprint density at radius 2 is 2.12 bits per heavy atom. The average molecular weight is 377 g/mol. The molecule has 0 aliphatic heterocycles. The summed E-state index contributed by atoms with van der Waals surface area (Å²) in [6, 6.07) is 9.60. The van der Waals surface area contributed by atoms with E-state index >= 15 is 0 Å². The maximum absolute atomic E-state index is 12.3. The van der Waals surface area contributed by atoms with Crippen molar-refractivity contribution in [1.82, 2.24) is 0 Å². The molecule has 25 heavy (non-hydrogen) atoms. The lowest BCUT2D eigenvalue weighted by Gasteiger charge is -2.08. The van der Waals surface area contributed by atoms with Crippen molar-refractivity contribution in [3.63, 3.8) is 0 Å². The smallest absolute Gasteiger partial charge is 0.349 e. The summed E-state index contributed by atoms with van der Waals surface area (Å²) >= 11 is 1.10. The minimum Gasteiger partial charge on any atom is -0.462 e. The zero-order chi connectivity index (χ0) is 18.3. The normalized spacial score (nSPS) is 11.1. The third-order valence-corrected chi connectivity index (χ3v) is 5.63. The average Bonchev–Trinajstić information content (AvgIpc) is 3.12. The van der Waals surface area contributed by atoms with Gasteiger partial charge in [0.2, 0.25) is 0 Å². The third kappa shape index (κ3) is 4.87. The van der Waals surface area contributed by atoms with Crippen molar-refractivity contribution in [2.24, 2.45) is 4.99 Å². The van der Waals surface area contributed by atoms with E-state index in [0.29, 0.717) is 5.69 Å². The van der Waals surface area contributed by atoms with Gasteiger partial charge in [0.15, 0.2) is 0 Å². The Kier molecular flexibility index (Phi) is 6.24. The molecular formula is C16H15N3O4S2. The van der Waals surface area contributed by atoms with Gasteiger partial charge in [-0.3, -0.25) is 15.1 Å². The van der Waals surface area contributed by atoms with Crippen molar-refractivity contribution in [3.8, 4) is 0 Å². The Balaban J connectivity index is 2.28. The van der Waals surface area contributed by atoms with Crippen LogP contribution < -0.4 is 4.72 Å². The molecule has 2 aromatic rings. The third-order valence-electron chi connectivity index (χ3n) is 2.87. The van der Waals surface area contributed by atoms with E-state index in [1.165, 1.54) is 6.07 Å². The number of sulfonamides is 1. The predicted octanol–water partition coefficient (Wildman–Crippen LogP) is 2.99. The lowest BCUT2D eigenvalue weighted by molar-refractivity contribution is -0.137. The van der Waals surface area contributed by atoms with Gasteiger partial charge in [-0.1, -0.05) is 18.2 Å². The Morgan fingerprint density at radius 3 is 2.76 bits per heavy atom. The molecule has 1 heterocycles. The number of nitrogens with one attached hydrogen (secondary N) is 2. The van der Waals surface area contributed by atoms with Gasteiger partial charge < -0.3 is 4.74 Å². The van der Waals surface area contributed by atoms with E-state index in [1.54, 1.807) is 42.6 Å². The first-order chi connectivity index (χ1) is 12.0. The van der Waals surface area contributed by atoms with E-state index in [1.807, 2.05) is 5.87 Å². The fourth-order valence-electron chi connectivity index (χ4n) is 1.76. The number of thiophene rings is 1. The maximum Gasteiger partial charge on any atom is 0.349 e. The van der Waals surface area contributed by atoms with E-state index in [2.05, 4.69) is 9.71 Å². The van der Waals surface area contributed by atoms with Crippen molar-refractivity contribution < 1.29 is 17.9 Å². The summed E-state index contributed by atoms with van der Waals surface area (Å²) in [5.74, 6) is 1.23. The first-order valence-corrected chi connectivity index (χ1v) is 9.50. The fourth-order valence-corrected chi connectivity index (χ4v) is 3.83. The fraction of sp³-hybridized carbons (Fsp3) is 0.125. The number of aliphatic imine (C=N–C) groups is 1. The highest BCUT2D eigenvalue weighted by molar-refractivity contribution is 7.94. The highest BCUT2D eigenvalue weighted by Crippen LogP contribution is 2.28. The second kappa shape index (κ2) is 8.39. The highest BCUT2D eigenvalue weighted by atomic mass is 32.2. The van der Waals surface area contributed by atoms with Crippen molar-refractivity contribution in [1.29, 1.82) is 5.41 Å². The molecule has 0 radical (unpaired) electrons. The van der Waals surface area contributed by atoms with E-state index in [9.17, 15) is 13.2 Å². The Bertz CT molecular complexity index is 928. The molecule has 0 amide bonds. The molecule has 0 unspecified atom stereocenters. The van der Waals surface area contributed by atoms with Gasteiger partial charge in [0.1, 0.15) is 9.78 Å². The number of anilines is 1. The molecule has 1 aromatic heterocycles. The van der Waals surface area contributed by atoms with Gasteiger partial charge in [-0.2, -0.15) is 0 Å². The van der Waals surface area contributed by atoms with Gasteiger partial charge in [0.25, 0.3) is 10.0 Å². The Labute approximate surface area is 149 Å². The first-order valence-electron chi connectivity index (χ1n) is 7.14. The van der Waals surface area contributed by atoms with Crippen LogP contribution in [0.4, 0.5) is 11.4 Å². The van der Waals surface area contributed by atoms with E-state index in [0.717, 1.165) is 17.6 Å². The second-order valence-corrected chi connectivity index (χ2v) is 7.43. The zero-order valence-corrected chi connectivity index (χ0v) is 14.9. The Morgan fingerprint density at radius 1 is 1.36 bits per heavy atom. The topological polar surface area (TPSA) is 109 Å². The first kappa shape index (κ1) is 18.6. The van der Waals surface area contributed by atoms with Crippen molar-refractivity contribution in [3.05, 3.63) is 47.4 Å². The minimum atomic E-state index is -3.72. The molecule has 0 atom stereocenters. The number of hydrogen-bond donors (Lipinski definition) is 2. The molecule has 7 nitrogen and oxygen atoms in total.